The first-order valence-corrected chi connectivity index (χ1v) is 13.6. The average Bonchev–Trinajstić information content (AvgIpc) is 3.25. The number of carboxylic acids is 1. The SMILES string of the molecule is O=C(O)CCc1cn(N2CCC(CN3CCC(Oc4ccc(Cl)c(Cl)c4)CC3)CC2)c2ccccc12. The number of nitrogens with zero attached hydrogens (tertiary/aromatic N) is 3. The lowest BCUT2D eigenvalue weighted by Crippen LogP contribution is -2.45. The predicted octanol–water partition coefficient (Wildman–Crippen LogP) is 5.86. The number of ether oxygens (including phenoxy) is 1. The molecule has 0 saturated carbocycles. The summed E-state index contributed by atoms with van der Waals surface area (Å²) in [6, 6.07) is 13.8. The van der Waals surface area contributed by atoms with E-state index in [1.54, 1.807) is 12.1 Å². The van der Waals surface area contributed by atoms with E-state index >= 15 is 0 Å². The molecule has 0 radical (unpaired) electrons. The first-order valence-electron chi connectivity index (χ1n) is 12.9. The van der Waals surface area contributed by atoms with E-state index in [0.717, 1.165) is 75.1 Å². The zero-order valence-electron chi connectivity index (χ0n) is 20.4. The molecule has 1 aromatic heterocycles. The van der Waals surface area contributed by atoms with Crippen LogP contribution >= 0.6 is 23.2 Å². The van der Waals surface area contributed by atoms with Gasteiger partial charge in [0.05, 0.1) is 15.6 Å². The molecular weight excluding hydrogens is 497 g/mol. The van der Waals surface area contributed by atoms with Crippen LogP contribution in [0.1, 0.15) is 37.7 Å². The van der Waals surface area contributed by atoms with Crippen LogP contribution in [-0.4, -0.2) is 59.5 Å². The summed E-state index contributed by atoms with van der Waals surface area (Å²) in [4.78, 5) is 13.7. The summed E-state index contributed by atoms with van der Waals surface area (Å²) < 4.78 is 8.41. The van der Waals surface area contributed by atoms with Gasteiger partial charge >= 0.3 is 5.97 Å². The Kier molecular flexibility index (Phi) is 7.94. The topological polar surface area (TPSA) is 57.9 Å². The van der Waals surface area contributed by atoms with Gasteiger partial charge in [0.2, 0.25) is 0 Å². The molecule has 3 aromatic rings. The minimum atomic E-state index is -0.752. The van der Waals surface area contributed by atoms with Crippen molar-refractivity contribution < 1.29 is 14.6 Å². The predicted molar refractivity (Wildman–Crippen MR) is 145 cm³/mol. The smallest absolute Gasteiger partial charge is 0.303 e. The molecule has 36 heavy (non-hydrogen) atoms. The van der Waals surface area contributed by atoms with Gasteiger partial charge in [0, 0.05) is 56.8 Å². The van der Waals surface area contributed by atoms with E-state index in [1.807, 2.05) is 12.1 Å². The van der Waals surface area contributed by atoms with E-state index in [1.165, 1.54) is 5.52 Å². The van der Waals surface area contributed by atoms with Gasteiger partial charge in [-0.3, -0.25) is 9.47 Å². The Balaban J connectivity index is 1.11. The minimum absolute atomic E-state index is 0.158. The molecule has 1 N–H and O–H groups in total. The number of likely N-dealkylation sites (tertiary alicyclic amines) is 1. The van der Waals surface area contributed by atoms with Gasteiger partial charge in [-0.05, 0) is 61.8 Å². The van der Waals surface area contributed by atoms with Gasteiger partial charge in [-0.25, -0.2) is 0 Å². The first-order chi connectivity index (χ1) is 17.5. The van der Waals surface area contributed by atoms with E-state index in [0.29, 0.717) is 22.4 Å². The number of carboxylic acid groups (broad SMARTS) is 1. The third-order valence-electron chi connectivity index (χ3n) is 7.52. The Morgan fingerprint density at radius 3 is 2.44 bits per heavy atom. The highest BCUT2D eigenvalue weighted by Gasteiger charge is 2.26. The van der Waals surface area contributed by atoms with E-state index in [9.17, 15) is 4.79 Å². The largest absolute Gasteiger partial charge is 0.490 e. The molecule has 0 spiro atoms. The molecule has 5 rings (SSSR count). The number of benzene rings is 2. The minimum Gasteiger partial charge on any atom is -0.490 e. The summed E-state index contributed by atoms with van der Waals surface area (Å²) in [5.41, 5.74) is 2.28. The number of aryl methyl sites for hydroxylation is 1. The van der Waals surface area contributed by atoms with E-state index in [2.05, 4.69) is 39.0 Å². The standard InChI is InChI=1S/C28H33Cl2N3O3/c29-25-7-6-23(17-26(25)30)36-22-11-13-31(14-12-22)18-20-9-15-32(16-10-20)33-19-21(5-8-28(34)35)24-3-1-2-4-27(24)33/h1-4,6-7,17,19-20,22H,5,8-16,18H2,(H,34,35). The molecule has 0 atom stereocenters. The maximum Gasteiger partial charge on any atom is 0.303 e. The highest BCUT2D eigenvalue weighted by Crippen LogP contribution is 2.29. The monoisotopic (exact) mass is 529 g/mol. The average molecular weight is 530 g/mol. The molecule has 0 unspecified atom stereocenters. The van der Waals surface area contributed by atoms with Crippen LogP contribution in [0.4, 0.5) is 0 Å². The van der Waals surface area contributed by atoms with E-state index in [-0.39, 0.29) is 12.5 Å². The van der Waals surface area contributed by atoms with E-state index in [4.69, 9.17) is 33.0 Å². The molecule has 0 amide bonds. The summed E-state index contributed by atoms with van der Waals surface area (Å²) in [6.45, 7) is 5.28. The maximum atomic E-state index is 11.1. The van der Waals surface area contributed by atoms with Crippen molar-refractivity contribution in [2.24, 2.45) is 5.92 Å². The normalized spacial score (nSPS) is 18.1. The molecular formula is C28H33Cl2N3O3. The van der Waals surface area contributed by atoms with Crippen molar-refractivity contribution in [2.75, 3.05) is 37.7 Å². The Morgan fingerprint density at radius 2 is 1.72 bits per heavy atom. The van der Waals surface area contributed by atoms with Gasteiger partial charge in [-0.1, -0.05) is 41.4 Å². The van der Waals surface area contributed by atoms with Crippen molar-refractivity contribution in [3.05, 3.63) is 64.3 Å². The Morgan fingerprint density at radius 1 is 0.972 bits per heavy atom. The molecule has 3 heterocycles. The summed E-state index contributed by atoms with van der Waals surface area (Å²) in [5.74, 6) is 0.735. The molecule has 2 saturated heterocycles. The quantitative estimate of drug-likeness (QED) is 0.396. The van der Waals surface area contributed by atoms with Gasteiger partial charge in [0.15, 0.2) is 0 Å². The third kappa shape index (κ3) is 5.93. The van der Waals surface area contributed by atoms with Gasteiger partial charge in [0.25, 0.3) is 0 Å². The Hall–Kier alpha value is -2.41. The van der Waals surface area contributed by atoms with Crippen molar-refractivity contribution in [1.29, 1.82) is 0 Å². The fourth-order valence-corrected chi connectivity index (χ4v) is 5.83. The maximum absolute atomic E-state index is 11.1. The summed E-state index contributed by atoms with van der Waals surface area (Å²) in [6.07, 6.45) is 7.45. The number of para-hydroxylation sites is 1. The van der Waals surface area contributed by atoms with Crippen LogP contribution < -0.4 is 9.75 Å². The molecule has 2 aromatic carbocycles. The zero-order valence-corrected chi connectivity index (χ0v) is 21.9. The molecule has 2 aliphatic rings. The molecule has 8 heteroatoms. The van der Waals surface area contributed by atoms with Crippen LogP contribution in [-0.2, 0) is 11.2 Å². The van der Waals surface area contributed by atoms with Crippen molar-refractivity contribution >= 4 is 40.1 Å². The number of aromatic nitrogens is 1. The highest BCUT2D eigenvalue weighted by atomic mass is 35.5. The molecule has 6 nitrogen and oxygen atoms in total. The number of fused-ring (bicyclic) bond motifs is 1. The van der Waals surface area contributed by atoms with Crippen molar-refractivity contribution in [3.63, 3.8) is 0 Å². The zero-order chi connectivity index (χ0) is 25.1. The Labute approximate surface area is 222 Å². The van der Waals surface area contributed by atoms with Crippen LogP contribution in [0, 0.1) is 5.92 Å². The van der Waals surface area contributed by atoms with Gasteiger partial charge in [-0.15, -0.1) is 0 Å². The number of halogens is 2. The first kappa shape index (κ1) is 25.2. The van der Waals surface area contributed by atoms with Gasteiger partial charge in [-0.2, -0.15) is 0 Å². The van der Waals surface area contributed by atoms with Crippen molar-refractivity contribution in [1.82, 2.24) is 9.58 Å². The summed E-state index contributed by atoms with van der Waals surface area (Å²) in [5, 5.41) is 13.8. The van der Waals surface area contributed by atoms with Crippen LogP contribution in [0.5, 0.6) is 5.75 Å². The lowest BCUT2D eigenvalue weighted by Gasteiger charge is -2.38. The number of rotatable bonds is 8. The van der Waals surface area contributed by atoms with Crippen LogP contribution in [0.2, 0.25) is 10.0 Å². The van der Waals surface area contributed by atoms with Crippen LogP contribution in [0.3, 0.4) is 0 Å². The number of piperidine rings is 2. The second-order valence-corrected chi connectivity index (χ2v) is 10.8. The number of hydrogen-bond donors (Lipinski definition) is 1. The van der Waals surface area contributed by atoms with Gasteiger partial charge in [0.1, 0.15) is 11.9 Å². The summed E-state index contributed by atoms with van der Waals surface area (Å²) in [7, 11) is 0. The highest BCUT2D eigenvalue weighted by molar-refractivity contribution is 6.42. The second-order valence-electron chi connectivity index (χ2n) is 10.0. The van der Waals surface area contributed by atoms with Crippen LogP contribution in [0.25, 0.3) is 10.9 Å². The molecule has 0 bridgehead atoms. The molecule has 2 fully saturated rings. The lowest BCUT2D eigenvalue weighted by atomic mass is 9.95. The fourth-order valence-electron chi connectivity index (χ4n) is 5.54. The Bertz CT molecular complexity index is 1200. The fraction of sp³-hybridized carbons (Fsp3) is 0.464. The number of hydrogen-bond acceptors (Lipinski definition) is 4. The van der Waals surface area contributed by atoms with Crippen molar-refractivity contribution in [3.8, 4) is 5.75 Å². The lowest BCUT2D eigenvalue weighted by molar-refractivity contribution is -0.136. The van der Waals surface area contributed by atoms with E-state index < -0.39 is 5.97 Å². The second kappa shape index (κ2) is 11.3. The number of aliphatic carboxylic acids is 1. The number of carbonyl (C=O) groups is 1. The molecule has 192 valence electrons. The summed E-state index contributed by atoms with van der Waals surface area (Å²) >= 11 is 12.1. The van der Waals surface area contributed by atoms with Gasteiger partial charge < -0.3 is 19.8 Å². The molecule has 0 aliphatic carbocycles. The van der Waals surface area contributed by atoms with Crippen LogP contribution in [0.15, 0.2) is 48.7 Å². The molecule has 2 aliphatic heterocycles. The van der Waals surface area contributed by atoms with Crippen molar-refractivity contribution in [2.45, 2.75) is 44.6 Å². The third-order valence-corrected chi connectivity index (χ3v) is 8.26.